The minimum absolute atomic E-state index is 0.0401. The van der Waals surface area contributed by atoms with Crippen LogP contribution in [0.15, 0.2) is 24.3 Å². The highest BCUT2D eigenvalue weighted by molar-refractivity contribution is 5.97. The molecule has 0 aliphatic rings. The molecule has 1 atom stereocenters. The lowest BCUT2D eigenvalue weighted by Gasteiger charge is -2.21. The molecule has 1 aromatic rings. The van der Waals surface area contributed by atoms with E-state index in [1.54, 1.807) is 0 Å². The quantitative estimate of drug-likeness (QED) is 0.855. The van der Waals surface area contributed by atoms with E-state index in [0.717, 1.165) is 12.1 Å². The lowest BCUT2D eigenvalue weighted by molar-refractivity contribution is -0.126. The third-order valence-electron chi connectivity index (χ3n) is 2.91. The van der Waals surface area contributed by atoms with E-state index >= 15 is 0 Å². The molecule has 0 aliphatic carbocycles. The second-order valence-electron chi connectivity index (χ2n) is 4.97. The highest BCUT2D eigenvalue weighted by Crippen LogP contribution is 2.13. The summed E-state index contributed by atoms with van der Waals surface area (Å²) in [6.45, 7) is 7.29. The minimum atomic E-state index is -0.511. The molecule has 0 spiro atoms. The van der Waals surface area contributed by atoms with Crippen LogP contribution in [0.25, 0.3) is 0 Å². The second-order valence-corrected chi connectivity index (χ2v) is 4.97. The second kappa shape index (κ2) is 6.92. The molecule has 4 nitrogen and oxygen atoms in total. The Bertz CT molecular complexity index is 455. The predicted octanol–water partition coefficient (Wildman–Crippen LogP) is 2.35. The van der Waals surface area contributed by atoms with Gasteiger partial charge < -0.3 is 10.6 Å². The maximum Gasteiger partial charge on any atom is 0.247 e. The monoisotopic (exact) mass is 262 g/mol. The Morgan fingerprint density at radius 2 is 1.95 bits per heavy atom. The Hall–Kier alpha value is -1.84. The number of aryl methyl sites for hydroxylation is 1. The molecular formula is C15H22N2O2. The largest absolute Gasteiger partial charge is 0.344 e. The van der Waals surface area contributed by atoms with Gasteiger partial charge in [-0.05, 0) is 30.0 Å². The molecule has 0 heterocycles. The predicted molar refractivity (Wildman–Crippen MR) is 76.9 cm³/mol. The van der Waals surface area contributed by atoms with E-state index < -0.39 is 6.04 Å². The van der Waals surface area contributed by atoms with Crippen molar-refractivity contribution in [1.29, 1.82) is 0 Å². The van der Waals surface area contributed by atoms with Gasteiger partial charge in [0, 0.05) is 12.6 Å². The number of carbonyl (C=O) groups is 2. The molecule has 0 aliphatic heterocycles. The van der Waals surface area contributed by atoms with Crippen molar-refractivity contribution in [1.82, 2.24) is 5.32 Å². The summed E-state index contributed by atoms with van der Waals surface area (Å²) in [5, 5.41) is 5.53. The first-order valence-electron chi connectivity index (χ1n) is 6.61. The molecule has 0 fully saturated rings. The summed E-state index contributed by atoms with van der Waals surface area (Å²) in [6.07, 6.45) is 0.920. The highest BCUT2D eigenvalue weighted by atomic mass is 16.2. The van der Waals surface area contributed by atoms with Crippen molar-refractivity contribution in [2.75, 3.05) is 5.32 Å². The van der Waals surface area contributed by atoms with Gasteiger partial charge in [-0.1, -0.05) is 32.9 Å². The first-order chi connectivity index (χ1) is 8.93. The summed E-state index contributed by atoms with van der Waals surface area (Å²) in [5.41, 5.74) is 1.93. The lowest BCUT2D eigenvalue weighted by Crippen LogP contribution is -2.46. The van der Waals surface area contributed by atoms with Crippen molar-refractivity contribution in [2.45, 2.75) is 40.2 Å². The van der Waals surface area contributed by atoms with Crippen LogP contribution in [0.4, 0.5) is 5.69 Å². The molecule has 104 valence electrons. The van der Waals surface area contributed by atoms with Crippen LogP contribution >= 0.6 is 0 Å². The molecule has 0 aromatic heterocycles. The van der Waals surface area contributed by atoms with Gasteiger partial charge in [0.2, 0.25) is 11.8 Å². The molecular weight excluding hydrogens is 240 g/mol. The van der Waals surface area contributed by atoms with E-state index in [4.69, 9.17) is 0 Å². The SMILES string of the molecule is CCc1cccc(NC(=O)[C@H](NC(C)=O)C(C)C)c1. The molecule has 0 bridgehead atoms. The van der Waals surface area contributed by atoms with Gasteiger partial charge in [-0.25, -0.2) is 0 Å². The Balaban J connectivity index is 2.77. The molecule has 2 N–H and O–H groups in total. The molecule has 4 heteroatoms. The topological polar surface area (TPSA) is 58.2 Å². The Morgan fingerprint density at radius 1 is 1.26 bits per heavy atom. The van der Waals surface area contributed by atoms with E-state index in [1.807, 2.05) is 38.1 Å². The van der Waals surface area contributed by atoms with Crippen molar-refractivity contribution in [3.8, 4) is 0 Å². The van der Waals surface area contributed by atoms with Crippen LogP contribution in [0.2, 0.25) is 0 Å². The third kappa shape index (κ3) is 4.73. The maximum absolute atomic E-state index is 12.2. The van der Waals surface area contributed by atoms with Gasteiger partial charge in [0.15, 0.2) is 0 Å². The fourth-order valence-corrected chi connectivity index (χ4v) is 1.84. The van der Waals surface area contributed by atoms with Gasteiger partial charge in [-0.2, -0.15) is 0 Å². The zero-order chi connectivity index (χ0) is 14.4. The molecule has 0 radical (unpaired) electrons. The smallest absolute Gasteiger partial charge is 0.247 e. The fourth-order valence-electron chi connectivity index (χ4n) is 1.84. The fraction of sp³-hybridized carbons (Fsp3) is 0.467. The van der Waals surface area contributed by atoms with Crippen molar-refractivity contribution >= 4 is 17.5 Å². The van der Waals surface area contributed by atoms with Gasteiger partial charge in [-0.15, -0.1) is 0 Å². The van der Waals surface area contributed by atoms with Crippen LogP contribution in [0, 0.1) is 5.92 Å². The third-order valence-corrected chi connectivity index (χ3v) is 2.91. The van der Waals surface area contributed by atoms with Crippen LogP contribution < -0.4 is 10.6 Å². The van der Waals surface area contributed by atoms with Gasteiger partial charge in [0.25, 0.3) is 0 Å². The van der Waals surface area contributed by atoms with Crippen molar-refractivity contribution in [3.63, 3.8) is 0 Å². The number of carbonyl (C=O) groups excluding carboxylic acids is 2. The maximum atomic E-state index is 12.2. The van der Waals surface area contributed by atoms with Crippen LogP contribution in [0.5, 0.6) is 0 Å². The number of nitrogens with one attached hydrogen (secondary N) is 2. The van der Waals surface area contributed by atoms with Crippen LogP contribution in [0.1, 0.15) is 33.3 Å². The summed E-state index contributed by atoms with van der Waals surface area (Å²) < 4.78 is 0. The zero-order valence-electron chi connectivity index (χ0n) is 12.0. The number of hydrogen-bond donors (Lipinski definition) is 2. The molecule has 0 unspecified atom stereocenters. The molecule has 1 aromatic carbocycles. The van der Waals surface area contributed by atoms with Gasteiger partial charge in [0.05, 0.1) is 0 Å². The molecule has 1 rings (SSSR count). The van der Waals surface area contributed by atoms with E-state index in [1.165, 1.54) is 12.5 Å². The Labute approximate surface area is 114 Å². The highest BCUT2D eigenvalue weighted by Gasteiger charge is 2.22. The van der Waals surface area contributed by atoms with Crippen molar-refractivity contribution < 1.29 is 9.59 Å². The molecule has 2 amide bonds. The number of hydrogen-bond acceptors (Lipinski definition) is 2. The number of amides is 2. The van der Waals surface area contributed by atoms with Crippen LogP contribution in [-0.2, 0) is 16.0 Å². The average molecular weight is 262 g/mol. The van der Waals surface area contributed by atoms with Crippen molar-refractivity contribution in [3.05, 3.63) is 29.8 Å². The summed E-state index contributed by atoms with van der Waals surface area (Å²) in [6, 6.07) is 7.22. The summed E-state index contributed by atoms with van der Waals surface area (Å²) in [4.78, 5) is 23.3. The number of anilines is 1. The Morgan fingerprint density at radius 3 is 2.47 bits per heavy atom. The number of rotatable bonds is 5. The minimum Gasteiger partial charge on any atom is -0.344 e. The zero-order valence-corrected chi connectivity index (χ0v) is 12.0. The lowest BCUT2D eigenvalue weighted by atomic mass is 10.0. The summed E-state index contributed by atoms with van der Waals surface area (Å²) in [7, 11) is 0. The van der Waals surface area contributed by atoms with E-state index in [-0.39, 0.29) is 17.7 Å². The van der Waals surface area contributed by atoms with Gasteiger partial charge in [-0.3, -0.25) is 9.59 Å². The molecule has 0 saturated heterocycles. The van der Waals surface area contributed by atoms with Gasteiger partial charge in [0.1, 0.15) is 6.04 Å². The van der Waals surface area contributed by atoms with Crippen LogP contribution in [-0.4, -0.2) is 17.9 Å². The first kappa shape index (κ1) is 15.2. The number of benzene rings is 1. The van der Waals surface area contributed by atoms with E-state index in [9.17, 15) is 9.59 Å². The standard InChI is InChI=1S/C15H22N2O2/c1-5-12-7-6-8-13(9-12)17-15(19)14(10(2)3)16-11(4)18/h6-10,14H,5H2,1-4H3,(H,16,18)(H,17,19)/t14-/m1/s1. The van der Waals surface area contributed by atoms with Gasteiger partial charge >= 0.3 is 0 Å². The normalized spacial score (nSPS) is 12.1. The Kier molecular flexibility index (Phi) is 5.55. The van der Waals surface area contributed by atoms with Crippen molar-refractivity contribution in [2.24, 2.45) is 5.92 Å². The first-order valence-corrected chi connectivity index (χ1v) is 6.61. The van der Waals surface area contributed by atoms with E-state index in [0.29, 0.717) is 0 Å². The van der Waals surface area contributed by atoms with Crippen LogP contribution in [0.3, 0.4) is 0 Å². The van der Waals surface area contributed by atoms with E-state index in [2.05, 4.69) is 17.6 Å². The summed E-state index contributed by atoms with van der Waals surface area (Å²) in [5.74, 6) is -0.340. The summed E-state index contributed by atoms with van der Waals surface area (Å²) >= 11 is 0. The average Bonchev–Trinajstić information content (AvgIpc) is 2.35. The molecule has 0 saturated carbocycles. The molecule has 19 heavy (non-hydrogen) atoms.